The van der Waals surface area contributed by atoms with Crippen LogP contribution in [0.15, 0.2) is 70.2 Å². The van der Waals surface area contributed by atoms with E-state index in [1.165, 1.54) is 18.3 Å². The van der Waals surface area contributed by atoms with Crippen LogP contribution >= 0.6 is 11.6 Å². The van der Waals surface area contributed by atoms with Crippen molar-refractivity contribution in [3.8, 4) is 11.3 Å². The van der Waals surface area contributed by atoms with Gasteiger partial charge in [0.05, 0.1) is 16.8 Å². The van der Waals surface area contributed by atoms with Crippen LogP contribution in [0, 0.1) is 0 Å². The van der Waals surface area contributed by atoms with Crippen LogP contribution in [0.5, 0.6) is 0 Å². The highest BCUT2D eigenvalue weighted by atomic mass is 35.5. The molecule has 27 heavy (non-hydrogen) atoms. The molecule has 3 N–H and O–H groups in total. The number of carboxylic acids is 1. The van der Waals surface area contributed by atoms with Crippen molar-refractivity contribution in [3.05, 3.63) is 77.0 Å². The van der Waals surface area contributed by atoms with Gasteiger partial charge in [-0.2, -0.15) is 5.10 Å². The molecule has 0 unspecified atom stereocenters. The zero-order valence-corrected chi connectivity index (χ0v) is 14.6. The molecule has 1 heterocycles. The first-order chi connectivity index (χ1) is 13.0. The Morgan fingerprint density at radius 1 is 1.07 bits per heavy atom. The van der Waals surface area contributed by atoms with Crippen molar-refractivity contribution in [1.29, 1.82) is 0 Å². The lowest BCUT2D eigenvalue weighted by Crippen LogP contribution is -2.24. The summed E-state index contributed by atoms with van der Waals surface area (Å²) in [6, 6.07) is 16.3. The minimum Gasteiger partial charge on any atom is -0.478 e. The van der Waals surface area contributed by atoms with Crippen LogP contribution < -0.4 is 10.7 Å². The van der Waals surface area contributed by atoms with Gasteiger partial charge in [0.25, 0.3) is 0 Å². The summed E-state index contributed by atoms with van der Waals surface area (Å²) in [5.74, 6) is -0.287. The van der Waals surface area contributed by atoms with Crippen molar-refractivity contribution in [1.82, 2.24) is 5.43 Å². The Morgan fingerprint density at radius 3 is 2.59 bits per heavy atom. The van der Waals surface area contributed by atoms with Crippen molar-refractivity contribution in [2.24, 2.45) is 5.10 Å². The molecule has 3 rings (SSSR count). The Morgan fingerprint density at radius 2 is 1.85 bits per heavy atom. The number of benzene rings is 2. The minimum atomic E-state index is -1.12. The number of hydrazone groups is 1. The molecule has 0 fully saturated rings. The first-order valence-electron chi connectivity index (χ1n) is 7.81. The van der Waals surface area contributed by atoms with Gasteiger partial charge in [-0.05, 0) is 42.5 Å². The van der Waals surface area contributed by atoms with Crippen molar-refractivity contribution >= 4 is 35.5 Å². The lowest BCUT2D eigenvalue weighted by Gasteiger charge is -2.03. The lowest BCUT2D eigenvalue weighted by molar-refractivity contribution is 0.0697. The highest BCUT2D eigenvalue weighted by Crippen LogP contribution is 2.26. The predicted molar refractivity (Wildman–Crippen MR) is 102 cm³/mol. The number of para-hydroxylation sites is 1. The van der Waals surface area contributed by atoms with E-state index in [9.17, 15) is 9.59 Å². The van der Waals surface area contributed by atoms with Crippen molar-refractivity contribution < 1.29 is 19.1 Å². The summed E-state index contributed by atoms with van der Waals surface area (Å²) in [6.07, 6.45) is 1.34. The third-order valence-electron chi connectivity index (χ3n) is 3.50. The van der Waals surface area contributed by atoms with Gasteiger partial charge in [-0.25, -0.2) is 15.0 Å². The van der Waals surface area contributed by atoms with Crippen LogP contribution in [0.2, 0.25) is 5.02 Å². The van der Waals surface area contributed by atoms with E-state index in [0.29, 0.717) is 22.8 Å². The van der Waals surface area contributed by atoms with Gasteiger partial charge in [0.15, 0.2) is 0 Å². The fraction of sp³-hybridized carbons (Fsp3) is 0. The van der Waals surface area contributed by atoms with Gasteiger partial charge in [0, 0.05) is 11.3 Å². The summed E-state index contributed by atoms with van der Waals surface area (Å²) in [4.78, 5) is 22.9. The molecule has 0 spiro atoms. The number of amides is 2. The first kappa shape index (κ1) is 18.2. The molecule has 0 bridgehead atoms. The molecule has 7 nitrogen and oxygen atoms in total. The minimum absolute atomic E-state index is 0.0139. The number of carbonyl (C=O) groups excluding carboxylic acids is 1. The number of carbonyl (C=O) groups is 2. The number of hydrogen-bond donors (Lipinski definition) is 3. The average Bonchev–Trinajstić information content (AvgIpc) is 3.11. The third kappa shape index (κ3) is 4.74. The summed E-state index contributed by atoms with van der Waals surface area (Å²) >= 11 is 5.86. The van der Waals surface area contributed by atoms with Crippen molar-refractivity contribution in [2.75, 3.05) is 5.32 Å². The largest absolute Gasteiger partial charge is 0.478 e. The van der Waals surface area contributed by atoms with Gasteiger partial charge in [-0.1, -0.05) is 29.8 Å². The summed E-state index contributed by atoms with van der Waals surface area (Å²) in [6.45, 7) is 0. The molecule has 0 radical (unpaired) electrons. The first-order valence-corrected chi connectivity index (χ1v) is 8.19. The zero-order chi connectivity index (χ0) is 19.2. The molecule has 1 aromatic heterocycles. The molecule has 136 valence electrons. The fourth-order valence-electron chi connectivity index (χ4n) is 2.25. The third-order valence-corrected chi connectivity index (χ3v) is 3.83. The molecule has 0 atom stereocenters. The number of anilines is 1. The fourth-order valence-corrected chi connectivity index (χ4v) is 2.45. The molecule has 0 aliphatic carbocycles. The topological polar surface area (TPSA) is 104 Å². The molecule has 8 heteroatoms. The lowest BCUT2D eigenvalue weighted by atomic mass is 10.1. The van der Waals surface area contributed by atoms with Gasteiger partial charge in [0.1, 0.15) is 11.5 Å². The van der Waals surface area contributed by atoms with Gasteiger partial charge in [0.2, 0.25) is 0 Å². The monoisotopic (exact) mass is 383 g/mol. The summed E-state index contributed by atoms with van der Waals surface area (Å²) < 4.78 is 5.59. The second-order valence-corrected chi connectivity index (χ2v) is 5.80. The van der Waals surface area contributed by atoms with Gasteiger partial charge in [-0.3, -0.25) is 0 Å². The van der Waals surface area contributed by atoms with E-state index in [4.69, 9.17) is 21.1 Å². The number of urea groups is 1. The average molecular weight is 384 g/mol. The maximum absolute atomic E-state index is 11.7. The van der Waals surface area contributed by atoms with Gasteiger partial charge >= 0.3 is 12.0 Å². The van der Waals surface area contributed by atoms with E-state index < -0.39 is 12.0 Å². The SMILES string of the molecule is O=C(N/N=C/c1ccc(-c2ccc(Cl)c(C(=O)O)c2)o1)Nc1ccccc1. The van der Waals surface area contributed by atoms with Crippen LogP contribution in [0.1, 0.15) is 16.1 Å². The van der Waals surface area contributed by atoms with E-state index in [-0.39, 0.29) is 10.6 Å². The van der Waals surface area contributed by atoms with E-state index in [1.807, 2.05) is 6.07 Å². The van der Waals surface area contributed by atoms with Crippen LogP contribution in [0.3, 0.4) is 0 Å². The molecular formula is C19H14ClN3O4. The smallest absolute Gasteiger partial charge is 0.339 e. The molecule has 0 saturated carbocycles. The molecule has 2 aromatic carbocycles. The highest BCUT2D eigenvalue weighted by Gasteiger charge is 2.12. The maximum Gasteiger partial charge on any atom is 0.339 e. The van der Waals surface area contributed by atoms with Crippen molar-refractivity contribution in [3.63, 3.8) is 0 Å². The molecule has 0 saturated heterocycles. The summed E-state index contributed by atoms with van der Waals surface area (Å²) in [7, 11) is 0. The molecule has 2 amide bonds. The van der Waals surface area contributed by atoms with Crippen LogP contribution in [0.25, 0.3) is 11.3 Å². The Kier molecular flexibility index (Phi) is 5.53. The number of nitrogens with zero attached hydrogens (tertiary/aromatic N) is 1. The number of halogens is 1. The standard InChI is InChI=1S/C19H14ClN3O4/c20-16-8-6-12(10-15(16)18(24)25)17-9-7-14(27-17)11-21-23-19(26)22-13-4-2-1-3-5-13/h1-11H,(H,24,25)(H2,22,23,26)/b21-11+. The summed E-state index contributed by atoms with van der Waals surface area (Å²) in [5.41, 5.74) is 3.51. The Hall–Kier alpha value is -3.58. The number of carboxylic acid groups (broad SMARTS) is 1. The number of rotatable bonds is 5. The van der Waals surface area contributed by atoms with E-state index in [2.05, 4.69) is 15.8 Å². The highest BCUT2D eigenvalue weighted by molar-refractivity contribution is 6.33. The Bertz CT molecular complexity index is 999. The second kappa shape index (κ2) is 8.20. The summed E-state index contributed by atoms with van der Waals surface area (Å²) in [5, 5.41) is 15.7. The molecule has 0 aliphatic rings. The Balaban J connectivity index is 1.64. The van der Waals surface area contributed by atoms with Gasteiger partial charge in [-0.15, -0.1) is 0 Å². The van der Waals surface area contributed by atoms with E-state index >= 15 is 0 Å². The van der Waals surface area contributed by atoms with Crippen LogP contribution in [-0.4, -0.2) is 23.3 Å². The molecule has 3 aromatic rings. The van der Waals surface area contributed by atoms with E-state index in [0.717, 1.165) is 0 Å². The van der Waals surface area contributed by atoms with Crippen molar-refractivity contribution in [2.45, 2.75) is 0 Å². The number of hydrogen-bond acceptors (Lipinski definition) is 4. The van der Waals surface area contributed by atoms with Crippen LogP contribution in [-0.2, 0) is 0 Å². The normalized spacial score (nSPS) is 10.7. The predicted octanol–water partition coefficient (Wildman–Crippen LogP) is 4.45. The molecular weight excluding hydrogens is 370 g/mol. The van der Waals surface area contributed by atoms with Gasteiger partial charge < -0.3 is 14.8 Å². The number of aromatic carboxylic acids is 1. The molecule has 0 aliphatic heterocycles. The second-order valence-electron chi connectivity index (χ2n) is 5.39. The maximum atomic E-state index is 11.7. The zero-order valence-electron chi connectivity index (χ0n) is 13.8. The quantitative estimate of drug-likeness (QED) is 0.447. The number of nitrogens with one attached hydrogen (secondary N) is 2. The van der Waals surface area contributed by atoms with E-state index in [1.54, 1.807) is 42.5 Å². The Labute approximate surface area is 159 Å². The van der Waals surface area contributed by atoms with Crippen LogP contribution in [0.4, 0.5) is 10.5 Å². The number of furan rings is 1.